The van der Waals surface area contributed by atoms with Crippen LogP contribution in [0.3, 0.4) is 0 Å². The minimum Gasteiger partial charge on any atom is -0.299 e. The van der Waals surface area contributed by atoms with E-state index in [1.165, 1.54) is 44.2 Å². The van der Waals surface area contributed by atoms with Crippen molar-refractivity contribution in [3.8, 4) is 0 Å². The first kappa shape index (κ1) is 23.4. The Balaban J connectivity index is 0.00000280. The van der Waals surface area contributed by atoms with Crippen molar-refractivity contribution in [3.63, 3.8) is 0 Å². The quantitative estimate of drug-likeness (QED) is 0.348. The molecule has 2 aromatic rings. The Morgan fingerprint density at radius 3 is 2.21 bits per heavy atom. The minimum atomic E-state index is 0. The summed E-state index contributed by atoms with van der Waals surface area (Å²) in [5, 5.41) is 0. The molecule has 3 rings (SSSR count). The van der Waals surface area contributed by atoms with Crippen molar-refractivity contribution in [2.75, 3.05) is 6.54 Å². The van der Waals surface area contributed by atoms with Gasteiger partial charge in [0.2, 0.25) is 0 Å². The highest BCUT2D eigenvalue weighted by Crippen LogP contribution is 2.43. The molecule has 1 nitrogen and oxygen atoms in total. The van der Waals surface area contributed by atoms with E-state index in [1.807, 2.05) is 0 Å². The van der Waals surface area contributed by atoms with Crippen LogP contribution in [-0.2, 0) is 6.42 Å². The lowest BCUT2D eigenvalue weighted by molar-refractivity contribution is 0.169. The highest BCUT2D eigenvalue weighted by molar-refractivity contribution is 14.0. The summed E-state index contributed by atoms with van der Waals surface area (Å²) in [6, 6.07) is 21.7. The first-order chi connectivity index (χ1) is 13.1. The topological polar surface area (TPSA) is 3.24 Å². The second kappa shape index (κ2) is 11.3. The van der Waals surface area contributed by atoms with Crippen molar-refractivity contribution in [2.24, 2.45) is 0 Å². The summed E-state index contributed by atoms with van der Waals surface area (Å²) in [5.41, 5.74) is 4.72. The third-order valence-corrected chi connectivity index (χ3v) is 6.39. The van der Waals surface area contributed by atoms with Crippen LogP contribution < -0.4 is 0 Å². The fraction of sp³-hybridized carbons (Fsp3) is 0.538. The molecule has 0 spiro atoms. The van der Waals surface area contributed by atoms with Gasteiger partial charge in [-0.3, -0.25) is 4.90 Å². The van der Waals surface area contributed by atoms with Gasteiger partial charge in [-0.2, -0.15) is 0 Å². The number of aryl methyl sites for hydroxylation is 1. The molecule has 0 N–H and O–H groups in total. The zero-order chi connectivity index (χ0) is 19.2. The van der Waals surface area contributed by atoms with Gasteiger partial charge in [0.1, 0.15) is 0 Å². The molecular formula is C26H38IN. The molecule has 0 heterocycles. The summed E-state index contributed by atoms with van der Waals surface area (Å²) in [7, 11) is 0. The second-order valence-electron chi connectivity index (χ2n) is 8.78. The molecule has 154 valence electrons. The van der Waals surface area contributed by atoms with Crippen molar-refractivity contribution >= 4 is 24.0 Å². The number of fused-ring (bicyclic) bond motifs is 1. The summed E-state index contributed by atoms with van der Waals surface area (Å²) in [6.45, 7) is 10.5. The van der Waals surface area contributed by atoms with E-state index in [-0.39, 0.29) is 24.0 Å². The van der Waals surface area contributed by atoms with Gasteiger partial charge in [0.05, 0.1) is 0 Å². The van der Waals surface area contributed by atoms with E-state index in [0.717, 1.165) is 0 Å². The normalized spacial score (nSPS) is 17.5. The molecule has 0 radical (unpaired) electrons. The maximum atomic E-state index is 2.64. The molecule has 0 fully saturated rings. The Labute approximate surface area is 189 Å². The average Bonchev–Trinajstić information content (AvgIpc) is 2.68. The Hall–Kier alpha value is -0.870. The van der Waals surface area contributed by atoms with Gasteiger partial charge in [-0.1, -0.05) is 54.6 Å². The first-order valence-corrected chi connectivity index (χ1v) is 11.0. The molecule has 0 aliphatic heterocycles. The van der Waals surface area contributed by atoms with Crippen molar-refractivity contribution in [3.05, 3.63) is 71.3 Å². The zero-order valence-corrected chi connectivity index (χ0v) is 20.4. The molecule has 1 aliphatic carbocycles. The summed E-state index contributed by atoms with van der Waals surface area (Å²) >= 11 is 0. The number of hydrogen-bond donors (Lipinski definition) is 0. The third-order valence-electron chi connectivity index (χ3n) is 6.39. The van der Waals surface area contributed by atoms with Gasteiger partial charge in [-0.15, -0.1) is 24.0 Å². The van der Waals surface area contributed by atoms with E-state index in [2.05, 4.69) is 87.2 Å². The predicted octanol–water partition coefficient (Wildman–Crippen LogP) is 7.41. The molecule has 28 heavy (non-hydrogen) atoms. The van der Waals surface area contributed by atoms with Crippen LogP contribution in [0.4, 0.5) is 0 Å². The van der Waals surface area contributed by atoms with Crippen molar-refractivity contribution in [1.82, 2.24) is 4.90 Å². The summed E-state index contributed by atoms with van der Waals surface area (Å²) in [4.78, 5) is 2.64. The molecule has 0 amide bonds. The van der Waals surface area contributed by atoms with Gasteiger partial charge in [-0.05, 0) is 94.9 Å². The monoisotopic (exact) mass is 491 g/mol. The van der Waals surface area contributed by atoms with Gasteiger partial charge in [-0.25, -0.2) is 0 Å². The van der Waals surface area contributed by atoms with E-state index in [1.54, 1.807) is 11.1 Å². The Morgan fingerprint density at radius 1 is 0.893 bits per heavy atom. The SMILES string of the molecule is CC(C)N(CCCC(c1ccccc1)C1CCCc2ccccc21)C(C)C.I. The van der Waals surface area contributed by atoms with Gasteiger partial charge in [0.25, 0.3) is 0 Å². The molecule has 1 aliphatic rings. The maximum absolute atomic E-state index is 2.64. The largest absolute Gasteiger partial charge is 0.299 e. The molecule has 2 aromatic carbocycles. The number of benzene rings is 2. The summed E-state index contributed by atoms with van der Waals surface area (Å²) in [5.74, 6) is 1.30. The first-order valence-electron chi connectivity index (χ1n) is 11.0. The van der Waals surface area contributed by atoms with Crippen molar-refractivity contribution in [2.45, 2.75) is 83.7 Å². The molecule has 2 unspecified atom stereocenters. The second-order valence-corrected chi connectivity index (χ2v) is 8.78. The van der Waals surface area contributed by atoms with Gasteiger partial charge >= 0.3 is 0 Å². The smallest absolute Gasteiger partial charge is 0.00412 e. The maximum Gasteiger partial charge on any atom is 0.00412 e. The lowest BCUT2D eigenvalue weighted by Crippen LogP contribution is -2.37. The Morgan fingerprint density at radius 2 is 1.54 bits per heavy atom. The predicted molar refractivity (Wildman–Crippen MR) is 133 cm³/mol. The van der Waals surface area contributed by atoms with E-state index in [0.29, 0.717) is 23.9 Å². The molecule has 0 aromatic heterocycles. The third kappa shape index (κ3) is 5.82. The van der Waals surface area contributed by atoms with E-state index in [9.17, 15) is 0 Å². The van der Waals surface area contributed by atoms with Crippen LogP contribution in [0.25, 0.3) is 0 Å². The molecule has 0 saturated heterocycles. The van der Waals surface area contributed by atoms with Gasteiger partial charge < -0.3 is 0 Å². The minimum absolute atomic E-state index is 0. The van der Waals surface area contributed by atoms with Crippen LogP contribution in [0.15, 0.2) is 54.6 Å². The zero-order valence-electron chi connectivity index (χ0n) is 18.1. The van der Waals surface area contributed by atoms with E-state index in [4.69, 9.17) is 0 Å². The standard InChI is InChI=1S/C26H37N.HI/c1-20(2)27(21(3)4)19-11-18-25(22-12-6-5-7-13-22)26-17-10-15-23-14-8-9-16-24(23)26;/h5-9,12-14,16,20-21,25-26H,10-11,15,17-19H2,1-4H3;1H. The van der Waals surface area contributed by atoms with Gasteiger partial charge in [0.15, 0.2) is 0 Å². The van der Waals surface area contributed by atoms with Crippen LogP contribution in [0.2, 0.25) is 0 Å². The number of halogens is 1. The van der Waals surface area contributed by atoms with Gasteiger partial charge in [0, 0.05) is 12.1 Å². The lowest BCUT2D eigenvalue weighted by atomic mass is 9.72. The lowest BCUT2D eigenvalue weighted by Gasteiger charge is -2.35. The van der Waals surface area contributed by atoms with E-state index < -0.39 is 0 Å². The van der Waals surface area contributed by atoms with Crippen LogP contribution in [0.5, 0.6) is 0 Å². The molecule has 0 saturated carbocycles. The van der Waals surface area contributed by atoms with Crippen LogP contribution in [0, 0.1) is 0 Å². The Bertz CT molecular complexity index is 687. The summed E-state index contributed by atoms with van der Waals surface area (Å²) < 4.78 is 0. The van der Waals surface area contributed by atoms with E-state index >= 15 is 0 Å². The van der Waals surface area contributed by atoms with Crippen LogP contribution in [-0.4, -0.2) is 23.5 Å². The Kier molecular flexibility index (Phi) is 9.49. The molecular weight excluding hydrogens is 453 g/mol. The van der Waals surface area contributed by atoms with Crippen molar-refractivity contribution < 1.29 is 0 Å². The van der Waals surface area contributed by atoms with Crippen molar-refractivity contribution in [1.29, 1.82) is 0 Å². The average molecular weight is 492 g/mol. The molecule has 0 bridgehead atoms. The fourth-order valence-electron chi connectivity index (χ4n) is 5.12. The molecule has 2 heteroatoms. The fourth-order valence-corrected chi connectivity index (χ4v) is 5.12. The summed E-state index contributed by atoms with van der Waals surface area (Å²) in [6.07, 6.45) is 6.46. The number of nitrogens with zero attached hydrogens (tertiary/aromatic N) is 1. The van der Waals surface area contributed by atoms with Crippen LogP contribution >= 0.6 is 24.0 Å². The number of hydrogen-bond acceptors (Lipinski definition) is 1. The number of rotatable bonds is 8. The highest BCUT2D eigenvalue weighted by atomic mass is 127. The van der Waals surface area contributed by atoms with Crippen LogP contribution in [0.1, 0.15) is 81.9 Å². The molecule has 2 atom stereocenters. The highest BCUT2D eigenvalue weighted by Gasteiger charge is 2.28.